The van der Waals surface area contributed by atoms with E-state index in [1.807, 2.05) is 24.4 Å². The van der Waals surface area contributed by atoms with E-state index in [9.17, 15) is 0 Å². The van der Waals surface area contributed by atoms with Gasteiger partial charge in [0.2, 0.25) is 0 Å². The van der Waals surface area contributed by atoms with Crippen LogP contribution in [0.3, 0.4) is 0 Å². The van der Waals surface area contributed by atoms with Gasteiger partial charge in [-0.15, -0.1) is 0 Å². The number of fused-ring (bicyclic) bond motifs is 5. The van der Waals surface area contributed by atoms with Crippen molar-refractivity contribution in [3.05, 3.63) is 48.7 Å². The topological polar surface area (TPSA) is 28.9 Å². The molecule has 0 aliphatic heterocycles. The second kappa shape index (κ2) is 2.67. The SMILES string of the molecule is c1ccc2c(c1)oc1c2ccc2cc[nH]c21. The van der Waals surface area contributed by atoms with E-state index in [-0.39, 0.29) is 0 Å². The molecule has 2 nitrogen and oxygen atoms in total. The van der Waals surface area contributed by atoms with E-state index < -0.39 is 0 Å². The second-order valence-corrected chi connectivity index (χ2v) is 3.98. The molecule has 2 aromatic carbocycles. The Morgan fingerprint density at radius 1 is 0.875 bits per heavy atom. The molecule has 4 aromatic rings. The molecular formula is C14H9NO. The number of hydrogen-bond acceptors (Lipinski definition) is 1. The van der Waals surface area contributed by atoms with Crippen molar-refractivity contribution < 1.29 is 4.42 Å². The third-order valence-corrected chi connectivity index (χ3v) is 3.07. The van der Waals surface area contributed by atoms with Crippen LogP contribution in [0.15, 0.2) is 53.1 Å². The molecule has 0 atom stereocenters. The lowest BCUT2D eigenvalue weighted by Crippen LogP contribution is -1.69. The molecule has 2 heteroatoms. The summed E-state index contributed by atoms with van der Waals surface area (Å²) in [4.78, 5) is 3.23. The molecule has 2 heterocycles. The summed E-state index contributed by atoms with van der Waals surface area (Å²) in [5, 5.41) is 3.53. The lowest BCUT2D eigenvalue weighted by molar-refractivity contribution is 0.672. The number of furan rings is 1. The van der Waals surface area contributed by atoms with Crippen LogP contribution in [0, 0.1) is 0 Å². The van der Waals surface area contributed by atoms with Crippen LogP contribution >= 0.6 is 0 Å². The first-order valence-corrected chi connectivity index (χ1v) is 5.31. The van der Waals surface area contributed by atoms with Crippen molar-refractivity contribution in [2.24, 2.45) is 0 Å². The van der Waals surface area contributed by atoms with Crippen molar-refractivity contribution in [1.82, 2.24) is 4.98 Å². The van der Waals surface area contributed by atoms with Crippen LogP contribution < -0.4 is 0 Å². The molecule has 16 heavy (non-hydrogen) atoms. The summed E-state index contributed by atoms with van der Waals surface area (Å²) in [5.41, 5.74) is 2.97. The minimum atomic E-state index is 0.944. The number of para-hydroxylation sites is 1. The lowest BCUT2D eigenvalue weighted by Gasteiger charge is -1.91. The first-order chi connectivity index (χ1) is 7.93. The van der Waals surface area contributed by atoms with E-state index in [0.717, 1.165) is 16.7 Å². The van der Waals surface area contributed by atoms with Gasteiger partial charge in [0.1, 0.15) is 5.58 Å². The molecule has 76 valence electrons. The number of benzene rings is 2. The van der Waals surface area contributed by atoms with Crippen LogP contribution in [0.1, 0.15) is 0 Å². The molecule has 0 radical (unpaired) electrons. The largest absolute Gasteiger partial charge is 0.454 e. The highest BCUT2D eigenvalue weighted by Crippen LogP contribution is 2.32. The van der Waals surface area contributed by atoms with Gasteiger partial charge in [0.25, 0.3) is 0 Å². The van der Waals surface area contributed by atoms with E-state index >= 15 is 0 Å². The molecule has 0 amide bonds. The predicted octanol–water partition coefficient (Wildman–Crippen LogP) is 4.07. The molecule has 0 aliphatic carbocycles. The van der Waals surface area contributed by atoms with E-state index in [4.69, 9.17) is 4.42 Å². The highest BCUT2D eigenvalue weighted by molar-refractivity contribution is 6.13. The Morgan fingerprint density at radius 3 is 2.81 bits per heavy atom. The maximum atomic E-state index is 5.89. The zero-order chi connectivity index (χ0) is 10.5. The molecule has 0 saturated heterocycles. The monoisotopic (exact) mass is 207 g/mol. The molecule has 0 spiro atoms. The summed E-state index contributed by atoms with van der Waals surface area (Å²) in [5.74, 6) is 0. The average molecular weight is 207 g/mol. The zero-order valence-corrected chi connectivity index (χ0v) is 8.53. The molecule has 2 aromatic heterocycles. The third kappa shape index (κ3) is 0.865. The van der Waals surface area contributed by atoms with Gasteiger partial charge in [-0.25, -0.2) is 0 Å². The van der Waals surface area contributed by atoms with Gasteiger partial charge in [-0.05, 0) is 18.2 Å². The highest BCUT2D eigenvalue weighted by atomic mass is 16.3. The van der Waals surface area contributed by atoms with E-state index in [1.165, 1.54) is 16.2 Å². The Hall–Kier alpha value is -2.22. The minimum absolute atomic E-state index is 0.944. The van der Waals surface area contributed by atoms with Gasteiger partial charge >= 0.3 is 0 Å². The van der Waals surface area contributed by atoms with Crippen molar-refractivity contribution in [3.8, 4) is 0 Å². The van der Waals surface area contributed by atoms with Crippen LogP contribution in [0.4, 0.5) is 0 Å². The summed E-state index contributed by atoms with van der Waals surface area (Å²) in [6, 6.07) is 14.4. The molecule has 0 unspecified atom stereocenters. The number of aromatic amines is 1. The molecular weight excluding hydrogens is 198 g/mol. The van der Waals surface area contributed by atoms with E-state index in [0.29, 0.717) is 0 Å². The van der Waals surface area contributed by atoms with Gasteiger partial charge in [0, 0.05) is 22.4 Å². The maximum absolute atomic E-state index is 5.89. The zero-order valence-electron chi connectivity index (χ0n) is 8.53. The molecule has 0 saturated carbocycles. The molecule has 4 rings (SSSR count). The Balaban J connectivity index is 2.38. The van der Waals surface area contributed by atoms with Gasteiger partial charge in [-0.3, -0.25) is 0 Å². The van der Waals surface area contributed by atoms with Crippen LogP contribution in [0.2, 0.25) is 0 Å². The second-order valence-electron chi connectivity index (χ2n) is 3.98. The van der Waals surface area contributed by atoms with Crippen molar-refractivity contribution in [3.63, 3.8) is 0 Å². The molecule has 0 bridgehead atoms. The fourth-order valence-corrected chi connectivity index (χ4v) is 2.31. The standard InChI is InChI=1S/C14H9NO/c1-2-4-12-10(3-1)11-6-5-9-7-8-15-13(9)14(11)16-12/h1-8,15H. The fraction of sp³-hybridized carbons (Fsp3) is 0. The van der Waals surface area contributed by atoms with Gasteiger partial charge in [-0.2, -0.15) is 0 Å². The predicted molar refractivity (Wildman–Crippen MR) is 65.6 cm³/mol. The summed E-state index contributed by atoms with van der Waals surface area (Å²) in [7, 11) is 0. The van der Waals surface area contributed by atoms with Crippen LogP contribution in [-0.4, -0.2) is 4.98 Å². The Bertz CT molecular complexity index is 807. The first kappa shape index (κ1) is 7.99. The fourth-order valence-electron chi connectivity index (χ4n) is 2.31. The van der Waals surface area contributed by atoms with E-state index in [2.05, 4.69) is 29.2 Å². The van der Waals surface area contributed by atoms with E-state index in [1.54, 1.807) is 0 Å². The Morgan fingerprint density at radius 2 is 1.81 bits per heavy atom. The minimum Gasteiger partial charge on any atom is -0.454 e. The summed E-state index contributed by atoms with van der Waals surface area (Å²) >= 11 is 0. The van der Waals surface area contributed by atoms with Gasteiger partial charge < -0.3 is 9.40 Å². The Labute approximate surface area is 91.5 Å². The maximum Gasteiger partial charge on any atom is 0.159 e. The van der Waals surface area contributed by atoms with Gasteiger partial charge in [0.05, 0.1) is 5.52 Å². The molecule has 0 aliphatic rings. The Kier molecular flexibility index (Phi) is 1.33. The number of H-pyrrole nitrogens is 1. The normalized spacial score (nSPS) is 11.8. The van der Waals surface area contributed by atoms with Crippen LogP contribution in [0.5, 0.6) is 0 Å². The smallest absolute Gasteiger partial charge is 0.159 e. The van der Waals surface area contributed by atoms with Crippen LogP contribution in [0.25, 0.3) is 32.8 Å². The van der Waals surface area contributed by atoms with Gasteiger partial charge in [0.15, 0.2) is 5.58 Å². The van der Waals surface area contributed by atoms with Crippen molar-refractivity contribution in [1.29, 1.82) is 0 Å². The third-order valence-electron chi connectivity index (χ3n) is 3.07. The molecule has 0 fully saturated rings. The number of hydrogen-bond donors (Lipinski definition) is 1. The number of aromatic nitrogens is 1. The van der Waals surface area contributed by atoms with Crippen molar-refractivity contribution >= 4 is 32.8 Å². The first-order valence-electron chi connectivity index (χ1n) is 5.31. The highest BCUT2D eigenvalue weighted by Gasteiger charge is 2.09. The van der Waals surface area contributed by atoms with Crippen molar-refractivity contribution in [2.75, 3.05) is 0 Å². The van der Waals surface area contributed by atoms with Gasteiger partial charge in [-0.1, -0.05) is 24.3 Å². The summed E-state index contributed by atoms with van der Waals surface area (Å²) in [6.45, 7) is 0. The van der Waals surface area contributed by atoms with Crippen molar-refractivity contribution in [2.45, 2.75) is 0 Å². The molecule has 1 N–H and O–H groups in total. The number of nitrogens with one attached hydrogen (secondary N) is 1. The van der Waals surface area contributed by atoms with Crippen LogP contribution in [-0.2, 0) is 0 Å². The average Bonchev–Trinajstić information content (AvgIpc) is 2.92. The summed E-state index contributed by atoms with van der Waals surface area (Å²) < 4.78 is 5.89. The quantitative estimate of drug-likeness (QED) is 0.462. The summed E-state index contributed by atoms with van der Waals surface area (Å²) in [6.07, 6.45) is 1.94. The number of rotatable bonds is 0. The lowest BCUT2D eigenvalue weighted by atomic mass is 10.1.